The summed E-state index contributed by atoms with van der Waals surface area (Å²) in [6.07, 6.45) is 0.383. The molecule has 1 N–H and O–H groups in total. The van der Waals surface area contributed by atoms with E-state index in [2.05, 4.69) is 5.32 Å². The first kappa shape index (κ1) is 16.9. The Balaban J connectivity index is 1.64. The molecule has 3 aromatic carbocycles. The van der Waals surface area contributed by atoms with Crippen LogP contribution in [-0.2, 0) is 4.79 Å². The van der Waals surface area contributed by atoms with Crippen molar-refractivity contribution in [2.24, 2.45) is 0 Å². The minimum atomic E-state index is -0.145. The third-order valence-electron chi connectivity index (χ3n) is 4.47. The van der Waals surface area contributed by atoms with E-state index in [0.29, 0.717) is 5.56 Å². The number of rotatable bonds is 5. The average molecular weight is 331 g/mol. The zero-order valence-corrected chi connectivity index (χ0v) is 14.5. The summed E-state index contributed by atoms with van der Waals surface area (Å²) in [6, 6.07) is 19.4. The number of fused-ring (bicyclic) bond motifs is 1. The first-order valence-corrected chi connectivity index (χ1v) is 8.42. The van der Waals surface area contributed by atoms with Crippen molar-refractivity contribution < 1.29 is 9.59 Å². The number of anilines is 1. The summed E-state index contributed by atoms with van der Waals surface area (Å²) in [5, 5.41) is 5.00. The van der Waals surface area contributed by atoms with Crippen LogP contribution in [0.4, 0.5) is 5.69 Å². The number of nitrogens with one attached hydrogen (secondary N) is 1. The molecule has 25 heavy (non-hydrogen) atoms. The third kappa shape index (κ3) is 3.94. The molecule has 3 rings (SSSR count). The van der Waals surface area contributed by atoms with Crippen LogP contribution in [0.2, 0.25) is 0 Å². The molecule has 0 aliphatic heterocycles. The largest absolute Gasteiger partial charge is 0.326 e. The lowest BCUT2D eigenvalue weighted by atomic mass is 10.0. The van der Waals surface area contributed by atoms with Gasteiger partial charge >= 0.3 is 0 Å². The predicted octanol–water partition coefficient (Wildman–Crippen LogP) is 5.06. The Labute approximate surface area is 147 Å². The molecule has 1 amide bonds. The van der Waals surface area contributed by atoms with Crippen LogP contribution in [0.3, 0.4) is 0 Å². The van der Waals surface area contributed by atoms with E-state index in [-0.39, 0.29) is 24.5 Å². The summed E-state index contributed by atoms with van der Waals surface area (Å²) in [5.41, 5.74) is 3.69. The number of carbonyl (C=O) groups excluding carboxylic acids is 2. The van der Waals surface area contributed by atoms with E-state index in [1.54, 1.807) is 0 Å². The lowest BCUT2D eigenvalue weighted by Crippen LogP contribution is -2.13. The normalized spacial score (nSPS) is 10.6. The van der Waals surface area contributed by atoms with Gasteiger partial charge in [0.25, 0.3) is 0 Å². The Morgan fingerprint density at radius 2 is 1.60 bits per heavy atom. The molecule has 0 spiro atoms. The fourth-order valence-electron chi connectivity index (χ4n) is 2.83. The Bertz CT molecular complexity index is 938. The van der Waals surface area contributed by atoms with Gasteiger partial charge in [-0.2, -0.15) is 0 Å². The van der Waals surface area contributed by atoms with Crippen LogP contribution in [0.25, 0.3) is 10.8 Å². The first-order chi connectivity index (χ1) is 12.0. The molecule has 0 aliphatic carbocycles. The molecule has 0 fully saturated rings. The number of aryl methyl sites for hydroxylation is 2. The second-order valence-corrected chi connectivity index (χ2v) is 6.30. The van der Waals surface area contributed by atoms with Gasteiger partial charge in [0.2, 0.25) is 5.91 Å². The van der Waals surface area contributed by atoms with Crippen LogP contribution in [0.15, 0.2) is 60.7 Å². The van der Waals surface area contributed by atoms with Crippen LogP contribution >= 0.6 is 0 Å². The molecule has 0 saturated carbocycles. The van der Waals surface area contributed by atoms with Crippen molar-refractivity contribution in [3.63, 3.8) is 0 Å². The Kier molecular flexibility index (Phi) is 4.94. The predicted molar refractivity (Wildman–Crippen MR) is 102 cm³/mol. The lowest BCUT2D eigenvalue weighted by molar-refractivity contribution is -0.116. The molecular formula is C22H21NO2. The highest BCUT2D eigenvalue weighted by Crippen LogP contribution is 2.23. The van der Waals surface area contributed by atoms with Crippen molar-refractivity contribution >= 4 is 28.2 Å². The van der Waals surface area contributed by atoms with Gasteiger partial charge in [0.1, 0.15) is 0 Å². The van der Waals surface area contributed by atoms with Crippen molar-refractivity contribution in [1.82, 2.24) is 0 Å². The lowest BCUT2D eigenvalue weighted by Gasteiger charge is -2.09. The van der Waals surface area contributed by atoms with Crippen molar-refractivity contribution in [2.75, 3.05) is 5.32 Å². The zero-order chi connectivity index (χ0) is 17.8. The summed E-state index contributed by atoms with van der Waals surface area (Å²) in [4.78, 5) is 24.5. The molecule has 3 heteroatoms. The Hall–Kier alpha value is -2.94. The molecule has 0 atom stereocenters. The summed E-state index contributed by atoms with van der Waals surface area (Å²) in [7, 11) is 0. The van der Waals surface area contributed by atoms with E-state index < -0.39 is 0 Å². The highest BCUT2D eigenvalue weighted by atomic mass is 16.2. The summed E-state index contributed by atoms with van der Waals surface area (Å²) in [5.74, 6) is -0.148. The maximum Gasteiger partial charge on any atom is 0.224 e. The van der Waals surface area contributed by atoms with Gasteiger partial charge in [0.05, 0.1) is 0 Å². The fraction of sp³-hybridized carbons (Fsp3) is 0.182. The van der Waals surface area contributed by atoms with Crippen molar-refractivity contribution in [2.45, 2.75) is 26.7 Å². The topological polar surface area (TPSA) is 46.2 Å². The molecule has 126 valence electrons. The molecule has 0 aromatic heterocycles. The molecule has 0 unspecified atom stereocenters. The molecular weight excluding hydrogens is 310 g/mol. The maximum absolute atomic E-state index is 12.3. The van der Waals surface area contributed by atoms with Gasteiger partial charge in [-0.15, -0.1) is 0 Å². The summed E-state index contributed by atoms with van der Waals surface area (Å²) < 4.78 is 0. The highest BCUT2D eigenvalue weighted by molar-refractivity contribution is 6.04. The maximum atomic E-state index is 12.3. The van der Waals surface area contributed by atoms with Gasteiger partial charge in [-0.1, -0.05) is 48.5 Å². The fourth-order valence-corrected chi connectivity index (χ4v) is 2.83. The number of hydrogen-bond donors (Lipinski definition) is 1. The van der Waals surface area contributed by atoms with Crippen LogP contribution in [0.1, 0.15) is 34.3 Å². The molecule has 0 aliphatic rings. The summed E-state index contributed by atoms with van der Waals surface area (Å²) >= 11 is 0. The summed E-state index contributed by atoms with van der Waals surface area (Å²) in [6.45, 7) is 4.00. The SMILES string of the molecule is Cc1ccc(C(=O)CCC(=O)Nc2cccc3ccccc23)cc1C. The van der Waals surface area contributed by atoms with E-state index >= 15 is 0 Å². The molecule has 0 heterocycles. The number of carbonyl (C=O) groups is 2. The van der Waals surface area contributed by atoms with E-state index in [1.165, 1.54) is 0 Å². The van der Waals surface area contributed by atoms with Crippen molar-refractivity contribution in [3.8, 4) is 0 Å². The number of hydrogen-bond acceptors (Lipinski definition) is 2. The Morgan fingerprint density at radius 3 is 2.40 bits per heavy atom. The quantitative estimate of drug-likeness (QED) is 0.664. The van der Waals surface area contributed by atoms with E-state index in [4.69, 9.17) is 0 Å². The van der Waals surface area contributed by atoms with E-state index in [0.717, 1.165) is 27.6 Å². The van der Waals surface area contributed by atoms with E-state index in [9.17, 15) is 9.59 Å². The molecule has 3 nitrogen and oxygen atoms in total. The standard InChI is InChI=1S/C22H21NO2/c1-15-10-11-18(14-16(15)2)21(24)12-13-22(25)23-20-9-5-7-17-6-3-4-8-19(17)20/h3-11,14H,12-13H2,1-2H3,(H,23,25). The van der Waals surface area contributed by atoms with Gasteiger partial charge in [-0.3, -0.25) is 9.59 Å². The van der Waals surface area contributed by atoms with Crippen molar-refractivity contribution in [3.05, 3.63) is 77.4 Å². The monoisotopic (exact) mass is 331 g/mol. The van der Waals surface area contributed by atoms with Crippen molar-refractivity contribution in [1.29, 1.82) is 0 Å². The molecule has 0 radical (unpaired) electrons. The third-order valence-corrected chi connectivity index (χ3v) is 4.47. The molecule has 0 saturated heterocycles. The van der Waals surface area contributed by atoms with Gasteiger partial charge in [0.15, 0.2) is 5.78 Å². The van der Waals surface area contributed by atoms with Gasteiger partial charge in [-0.25, -0.2) is 0 Å². The van der Waals surface area contributed by atoms with Gasteiger partial charge in [-0.05, 0) is 42.5 Å². The average Bonchev–Trinajstić information content (AvgIpc) is 2.62. The van der Waals surface area contributed by atoms with Crippen LogP contribution in [-0.4, -0.2) is 11.7 Å². The minimum absolute atomic E-state index is 0.00355. The number of ketones is 1. The highest BCUT2D eigenvalue weighted by Gasteiger charge is 2.11. The molecule has 3 aromatic rings. The minimum Gasteiger partial charge on any atom is -0.326 e. The number of Topliss-reactive ketones (excluding diaryl/α,β-unsaturated/α-hetero) is 1. The number of amides is 1. The van der Waals surface area contributed by atoms with E-state index in [1.807, 2.05) is 74.5 Å². The smallest absolute Gasteiger partial charge is 0.224 e. The zero-order valence-electron chi connectivity index (χ0n) is 14.5. The second-order valence-electron chi connectivity index (χ2n) is 6.30. The molecule has 0 bridgehead atoms. The second kappa shape index (κ2) is 7.31. The first-order valence-electron chi connectivity index (χ1n) is 8.42. The van der Waals surface area contributed by atoms with Crippen LogP contribution in [0.5, 0.6) is 0 Å². The van der Waals surface area contributed by atoms with Gasteiger partial charge in [0, 0.05) is 29.5 Å². The van der Waals surface area contributed by atoms with Crippen LogP contribution in [0, 0.1) is 13.8 Å². The number of benzene rings is 3. The Morgan fingerprint density at radius 1 is 0.840 bits per heavy atom. The van der Waals surface area contributed by atoms with Crippen LogP contribution < -0.4 is 5.32 Å². The van der Waals surface area contributed by atoms with Gasteiger partial charge < -0.3 is 5.32 Å².